The van der Waals surface area contributed by atoms with E-state index in [1.165, 1.54) is 16.3 Å². The highest BCUT2D eigenvalue weighted by molar-refractivity contribution is 5.86. The van der Waals surface area contributed by atoms with Crippen LogP contribution >= 0.6 is 0 Å². The lowest BCUT2D eigenvalue weighted by atomic mass is 10.1. The predicted octanol–water partition coefficient (Wildman–Crippen LogP) is 5.89. The summed E-state index contributed by atoms with van der Waals surface area (Å²) in [6.07, 6.45) is 0. The van der Waals surface area contributed by atoms with Gasteiger partial charge < -0.3 is 4.74 Å². The van der Waals surface area contributed by atoms with Crippen molar-refractivity contribution in [3.63, 3.8) is 0 Å². The van der Waals surface area contributed by atoms with Gasteiger partial charge in [-0.25, -0.2) is 0 Å². The molecule has 0 amide bonds. The van der Waals surface area contributed by atoms with Crippen molar-refractivity contribution in [1.29, 1.82) is 0 Å². The van der Waals surface area contributed by atoms with Gasteiger partial charge in [-0.05, 0) is 56.2 Å². The lowest BCUT2D eigenvalue weighted by molar-refractivity contribution is 0.166. The third-order valence-electron chi connectivity index (χ3n) is 5.76. The number of para-hydroxylation sites is 1. The summed E-state index contributed by atoms with van der Waals surface area (Å²) in [7, 11) is 0. The molecule has 3 aromatic carbocycles. The van der Waals surface area contributed by atoms with Crippen LogP contribution in [0.25, 0.3) is 21.7 Å². The molecule has 4 nitrogen and oxygen atoms in total. The van der Waals surface area contributed by atoms with E-state index in [0.29, 0.717) is 24.6 Å². The largest absolute Gasteiger partial charge is 0.471 e. The predicted molar refractivity (Wildman–Crippen MR) is 125 cm³/mol. The minimum Gasteiger partial charge on any atom is -0.471 e. The Labute approximate surface area is 179 Å². The molecule has 30 heavy (non-hydrogen) atoms. The molecule has 1 aromatic heterocycles. The van der Waals surface area contributed by atoms with Crippen molar-refractivity contribution in [2.24, 2.45) is 0 Å². The van der Waals surface area contributed by atoms with Gasteiger partial charge in [0.05, 0.1) is 17.4 Å². The normalized spacial score (nSPS) is 12.0. The Bertz CT molecular complexity index is 1120. The Hall–Kier alpha value is -2.85. The third kappa shape index (κ3) is 4.19. The molecule has 156 valence electrons. The second-order valence-electron chi connectivity index (χ2n) is 8.40. The standard InChI is InChI=1S/C26H31N3O/c1-19(2)28(20(3)4)16-17-29-25-15-8-7-14-24(25)26(27-29)30-18-22-12-9-11-21-10-5-6-13-23(21)22/h5-15,19-20H,16-18H2,1-4H3. The number of rotatable bonds is 8. The van der Waals surface area contributed by atoms with Gasteiger partial charge in [0.15, 0.2) is 0 Å². The van der Waals surface area contributed by atoms with Crippen molar-refractivity contribution >= 4 is 21.7 Å². The molecule has 0 N–H and O–H groups in total. The molecule has 4 heteroatoms. The number of aromatic nitrogens is 2. The maximum absolute atomic E-state index is 6.25. The number of benzene rings is 3. The van der Waals surface area contributed by atoms with Gasteiger partial charge in [-0.15, -0.1) is 5.10 Å². The van der Waals surface area contributed by atoms with Crippen LogP contribution in [0.5, 0.6) is 5.88 Å². The Morgan fingerprint density at radius 2 is 1.50 bits per heavy atom. The van der Waals surface area contributed by atoms with Gasteiger partial charge in [0, 0.05) is 18.6 Å². The van der Waals surface area contributed by atoms with Crippen LogP contribution in [0.4, 0.5) is 0 Å². The van der Waals surface area contributed by atoms with Gasteiger partial charge in [0.1, 0.15) is 6.61 Å². The highest BCUT2D eigenvalue weighted by Gasteiger charge is 2.16. The minimum absolute atomic E-state index is 0.506. The average molecular weight is 402 g/mol. The van der Waals surface area contributed by atoms with E-state index in [2.05, 4.69) is 97.9 Å². The highest BCUT2D eigenvalue weighted by atomic mass is 16.5. The second kappa shape index (κ2) is 8.88. The van der Waals surface area contributed by atoms with E-state index in [1.54, 1.807) is 0 Å². The zero-order valence-corrected chi connectivity index (χ0v) is 18.4. The van der Waals surface area contributed by atoms with E-state index in [-0.39, 0.29) is 0 Å². The molecule has 0 aliphatic heterocycles. The molecule has 0 unspecified atom stereocenters. The van der Waals surface area contributed by atoms with Gasteiger partial charge in [-0.2, -0.15) is 0 Å². The average Bonchev–Trinajstić information content (AvgIpc) is 3.10. The SMILES string of the molecule is CC(C)N(CCn1nc(OCc2cccc3ccccc23)c2ccccc21)C(C)C. The van der Waals surface area contributed by atoms with Gasteiger partial charge in [0.25, 0.3) is 0 Å². The summed E-state index contributed by atoms with van der Waals surface area (Å²) in [6, 6.07) is 24.1. The van der Waals surface area contributed by atoms with Gasteiger partial charge in [-0.1, -0.05) is 54.6 Å². The van der Waals surface area contributed by atoms with Crippen LogP contribution in [0.3, 0.4) is 0 Å². The lowest BCUT2D eigenvalue weighted by Gasteiger charge is -2.30. The van der Waals surface area contributed by atoms with Crippen LogP contribution in [0.1, 0.15) is 33.3 Å². The van der Waals surface area contributed by atoms with Gasteiger partial charge in [-0.3, -0.25) is 9.58 Å². The van der Waals surface area contributed by atoms with Crippen molar-refractivity contribution in [2.45, 2.75) is 52.9 Å². The van der Waals surface area contributed by atoms with Crippen LogP contribution in [0.2, 0.25) is 0 Å². The van der Waals surface area contributed by atoms with Gasteiger partial charge >= 0.3 is 0 Å². The summed E-state index contributed by atoms with van der Waals surface area (Å²) in [5, 5.41) is 8.37. The Morgan fingerprint density at radius 3 is 2.27 bits per heavy atom. The minimum atomic E-state index is 0.506. The molecule has 0 spiro atoms. The van der Waals surface area contributed by atoms with Gasteiger partial charge in [0.2, 0.25) is 5.88 Å². The molecule has 0 radical (unpaired) electrons. The molecule has 0 fully saturated rings. The molecule has 0 saturated heterocycles. The second-order valence-corrected chi connectivity index (χ2v) is 8.40. The summed E-state index contributed by atoms with van der Waals surface area (Å²) in [5.41, 5.74) is 2.30. The fraction of sp³-hybridized carbons (Fsp3) is 0.346. The molecule has 4 aromatic rings. The zero-order valence-electron chi connectivity index (χ0n) is 18.4. The number of ether oxygens (including phenoxy) is 1. The topological polar surface area (TPSA) is 30.3 Å². The van der Waals surface area contributed by atoms with Crippen LogP contribution < -0.4 is 4.74 Å². The first-order chi connectivity index (χ1) is 14.5. The monoisotopic (exact) mass is 401 g/mol. The summed E-state index contributed by atoms with van der Waals surface area (Å²) >= 11 is 0. The van der Waals surface area contributed by atoms with E-state index in [0.717, 1.165) is 24.0 Å². The van der Waals surface area contributed by atoms with Crippen LogP contribution in [0, 0.1) is 0 Å². The first-order valence-corrected chi connectivity index (χ1v) is 10.9. The van der Waals surface area contributed by atoms with Crippen molar-refractivity contribution in [3.8, 4) is 5.88 Å². The summed E-state index contributed by atoms with van der Waals surface area (Å²) in [4.78, 5) is 2.49. The van der Waals surface area contributed by atoms with E-state index in [4.69, 9.17) is 9.84 Å². The first-order valence-electron chi connectivity index (χ1n) is 10.9. The number of hydrogen-bond donors (Lipinski definition) is 0. The Balaban J connectivity index is 1.57. The zero-order chi connectivity index (χ0) is 21.1. The number of hydrogen-bond acceptors (Lipinski definition) is 3. The molecular weight excluding hydrogens is 370 g/mol. The molecular formula is C26H31N3O. The molecule has 0 bridgehead atoms. The van der Waals surface area contributed by atoms with Crippen LogP contribution in [-0.2, 0) is 13.2 Å². The van der Waals surface area contributed by atoms with E-state index >= 15 is 0 Å². The van der Waals surface area contributed by atoms with E-state index in [9.17, 15) is 0 Å². The van der Waals surface area contributed by atoms with Crippen molar-refractivity contribution in [1.82, 2.24) is 14.7 Å². The van der Waals surface area contributed by atoms with Crippen molar-refractivity contribution in [2.75, 3.05) is 6.54 Å². The Kier molecular flexibility index (Phi) is 6.05. The number of nitrogens with zero attached hydrogens (tertiary/aromatic N) is 3. The Morgan fingerprint density at radius 1 is 0.833 bits per heavy atom. The van der Waals surface area contributed by atoms with E-state index in [1.807, 2.05) is 6.07 Å². The fourth-order valence-electron chi connectivity index (χ4n) is 4.26. The maximum Gasteiger partial charge on any atom is 0.241 e. The van der Waals surface area contributed by atoms with Crippen LogP contribution in [-0.4, -0.2) is 33.3 Å². The van der Waals surface area contributed by atoms with Crippen molar-refractivity contribution in [3.05, 3.63) is 72.3 Å². The summed E-state index contributed by atoms with van der Waals surface area (Å²) in [6.45, 7) is 11.3. The molecule has 1 heterocycles. The first kappa shape index (κ1) is 20.4. The highest BCUT2D eigenvalue weighted by Crippen LogP contribution is 2.27. The quantitative estimate of drug-likeness (QED) is 0.369. The number of fused-ring (bicyclic) bond motifs is 2. The molecule has 0 aliphatic rings. The molecule has 0 atom stereocenters. The van der Waals surface area contributed by atoms with E-state index < -0.39 is 0 Å². The molecule has 4 rings (SSSR count). The summed E-state index contributed by atoms with van der Waals surface area (Å²) < 4.78 is 8.34. The fourth-order valence-corrected chi connectivity index (χ4v) is 4.26. The summed E-state index contributed by atoms with van der Waals surface area (Å²) in [5.74, 6) is 0.708. The lowest BCUT2D eigenvalue weighted by Crippen LogP contribution is -2.39. The third-order valence-corrected chi connectivity index (χ3v) is 5.76. The molecule has 0 saturated carbocycles. The smallest absolute Gasteiger partial charge is 0.241 e. The van der Waals surface area contributed by atoms with Crippen LogP contribution in [0.15, 0.2) is 66.7 Å². The van der Waals surface area contributed by atoms with Crippen molar-refractivity contribution < 1.29 is 4.74 Å². The molecule has 0 aliphatic carbocycles. The maximum atomic E-state index is 6.25.